The minimum absolute atomic E-state index is 0.365. The van der Waals surface area contributed by atoms with Gasteiger partial charge in [0.05, 0.1) is 5.60 Å². The standard InChI is InChI=1S/C16H22ClNO2/c17-14-4-3-5-15(13(14)10-18-12-6-7-12)20-11-16(19)8-1-2-9-16/h3-5,12,18-19H,1-2,6-11H2. The molecular formula is C16H22ClNO2. The molecular weight excluding hydrogens is 274 g/mol. The van der Waals surface area contributed by atoms with E-state index in [1.807, 2.05) is 18.2 Å². The van der Waals surface area contributed by atoms with Gasteiger partial charge in [0.25, 0.3) is 0 Å². The highest BCUT2D eigenvalue weighted by molar-refractivity contribution is 6.31. The quantitative estimate of drug-likeness (QED) is 0.846. The zero-order valence-electron chi connectivity index (χ0n) is 11.7. The highest BCUT2D eigenvalue weighted by Gasteiger charge is 2.32. The summed E-state index contributed by atoms with van der Waals surface area (Å²) in [6, 6.07) is 6.37. The van der Waals surface area contributed by atoms with Crippen LogP contribution < -0.4 is 10.1 Å². The maximum absolute atomic E-state index is 10.4. The van der Waals surface area contributed by atoms with Crippen molar-refractivity contribution in [3.63, 3.8) is 0 Å². The smallest absolute Gasteiger partial charge is 0.125 e. The Bertz CT molecular complexity index is 468. The molecule has 110 valence electrons. The first-order valence-electron chi connectivity index (χ1n) is 7.52. The molecule has 4 heteroatoms. The van der Waals surface area contributed by atoms with Gasteiger partial charge in [-0.15, -0.1) is 0 Å². The predicted molar refractivity (Wildman–Crippen MR) is 80.2 cm³/mol. The van der Waals surface area contributed by atoms with E-state index in [9.17, 15) is 5.11 Å². The molecule has 0 saturated heterocycles. The van der Waals surface area contributed by atoms with Gasteiger partial charge in [-0.1, -0.05) is 30.5 Å². The topological polar surface area (TPSA) is 41.5 Å². The van der Waals surface area contributed by atoms with Crippen molar-refractivity contribution in [2.75, 3.05) is 6.61 Å². The lowest BCUT2D eigenvalue weighted by atomic mass is 10.0. The van der Waals surface area contributed by atoms with Crippen LogP contribution in [0.25, 0.3) is 0 Å². The molecule has 0 radical (unpaired) electrons. The van der Waals surface area contributed by atoms with E-state index in [0.29, 0.717) is 12.6 Å². The summed E-state index contributed by atoms with van der Waals surface area (Å²) in [6.45, 7) is 1.10. The van der Waals surface area contributed by atoms with Crippen LogP contribution in [0.1, 0.15) is 44.1 Å². The zero-order chi connectivity index (χ0) is 14.0. The largest absolute Gasteiger partial charge is 0.490 e. The highest BCUT2D eigenvalue weighted by Crippen LogP contribution is 2.32. The Balaban J connectivity index is 1.65. The van der Waals surface area contributed by atoms with Crippen molar-refractivity contribution >= 4 is 11.6 Å². The van der Waals surface area contributed by atoms with Crippen molar-refractivity contribution in [2.45, 2.75) is 56.7 Å². The number of aliphatic hydroxyl groups is 1. The molecule has 2 aliphatic rings. The Morgan fingerprint density at radius 2 is 2.05 bits per heavy atom. The molecule has 1 aromatic rings. The van der Waals surface area contributed by atoms with E-state index < -0.39 is 5.60 Å². The second-order valence-corrected chi connectivity index (χ2v) is 6.50. The molecule has 20 heavy (non-hydrogen) atoms. The van der Waals surface area contributed by atoms with E-state index in [-0.39, 0.29) is 0 Å². The van der Waals surface area contributed by atoms with Gasteiger partial charge in [0.15, 0.2) is 0 Å². The van der Waals surface area contributed by atoms with Crippen molar-refractivity contribution in [3.05, 3.63) is 28.8 Å². The fourth-order valence-electron chi connectivity index (χ4n) is 2.77. The zero-order valence-corrected chi connectivity index (χ0v) is 12.5. The summed E-state index contributed by atoms with van der Waals surface area (Å²) in [7, 11) is 0. The van der Waals surface area contributed by atoms with Crippen molar-refractivity contribution in [1.29, 1.82) is 0 Å². The third-order valence-corrected chi connectivity index (χ3v) is 4.61. The van der Waals surface area contributed by atoms with Crippen LogP contribution in [-0.2, 0) is 6.54 Å². The molecule has 0 bridgehead atoms. The molecule has 3 rings (SSSR count). The van der Waals surface area contributed by atoms with E-state index in [1.165, 1.54) is 12.8 Å². The number of hydrogen-bond acceptors (Lipinski definition) is 3. The summed E-state index contributed by atoms with van der Waals surface area (Å²) >= 11 is 6.28. The van der Waals surface area contributed by atoms with Gasteiger partial charge in [0, 0.05) is 23.2 Å². The summed E-state index contributed by atoms with van der Waals surface area (Å²) in [5.74, 6) is 0.797. The Hall–Kier alpha value is -0.770. The van der Waals surface area contributed by atoms with Gasteiger partial charge in [-0.2, -0.15) is 0 Å². The van der Waals surface area contributed by atoms with E-state index >= 15 is 0 Å². The van der Waals surface area contributed by atoms with E-state index in [4.69, 9.17) is 16.3 Å². The lowest BCUT2D eigenvalue weighted by Gasteiger charge is -2.23. The molecule has 0 aromatic heterocycles. The van der Waals surface area contributed by atoms with Crippen LogP contribution in [0.4, 0.5) is 0 Å². The molecule has 0 atom stereocenters. The summed E-state index contributed by atoms with van der Waals surface area (Å²) in [5.41, 5.74) is 0.353. The van der Waals surface area contributed by atoms with Crippen molar-refractivity contribution in [3.8, 4) is 5.75 Å². The van der Waals surface area contributed by atoms with Gasteiger partial charge in [-0.25, -0.2) is 0 Å². The maximum atomic E-state index is 10.4. The Kier molecular flexibility index (Phi) is 4.20. The molecule has 3 nitrogen and oxygen atoms in total. The fourth-order valence-corrected chi connectivity index (χ4v) is 3.00. The number of nitrogens with one attached hydrogen (secondary N) is 1. The molecule has 0 amide bonds. The number of rotatable bonds is 6. The van der Waals surface area contributed by atoms with E-state index in [0.717, 1.165) is 48.6 Å². The van der Waals surface area contributed by atoms with Gasteiger partial charge in [0.1, 0.15) is 12.4 Å². The fraction of sp³-hybridized carbons (Fsp3) is 0.625. The number of halogens is 1. The summed E-state index contributed by atoms with van der Waals surface area (Å²) < 4.78 is 5.88. The second kappa shape index (κ2) is 5.92. The van der Waals surface area contributed by atoms with Gasteiger partial charge < -0.3 is 15.2 Å². The predicted octanol–water partition coefficient (Wildman–Crippen LogP) is 3.28. The first-order valence-corrected chi connectivity index (χ1v) is 7.90. The molecule has 2 aliphatic carbocycles. The monoisotopic (exact) mass is 295 g/mol. The molecule has 2 N–H and O–H groups in total. The third-order valence-electron chi connectivity index (χ3n) is 4.25. The van der Waals surface area contributed by atoms with E-state index in [1.54, 1.807) is 0 Å². The number of hydrogen-bond donors (Lipinski definition) is 2. The van der Waals surface area contributed by atoms with E-state index in [2.05, 4.69) is 5.32 Å². The lowest BCUT2D eigenvalue weighted by molar-refractivity contribution is 0.00111. The van der Waals surface area contributed by atoms with Crippen LogP contribution in [0.5, 0.6) is 5.75 Å². The first-order chi connectivity index (χ1) is 9.66. The summed E-state index contributed by atoms with van der Waals surface area (Å²) in [6.07, 6.45) is 6.35. The van der Waals surface area contributed by atoms with Gasteiger partial charge in [-0.05, 0) is 37.8 Å². The van der Waals surface area contributed by atoms with Crippen molar-refractivity contribution in [1.82, 2.24) is 5.32 Å². The van der Waals surface area contributed by atoms with Gasteiger partial charge in [-0.3, -0.25) is 0 Å². The molecule has 2 saturated carbocycles. The second-order valence-electron chi connectivity index (χ2n) is 6.09. The molecule has 0 aliphatic heterocycles. The summed E-state index contributed by atoms with van der Waals surface area (Å²) in [4.78, 5) is 0. The lowest BCUT2D eigenvalue weighted by Crippen LogP contribution is -2.32. The molecule has 2 fully saturated rings. The minimum atomic E-state index is -0.649. The molecule has 1 aromatic carbocycles. The SMILES string of the molecule is OC1(COc2cccc(Cl)c2CNC2CC2)CCCC1. The number of ether oxygens (including phenoxy) is 1. The molecule has 0 heterocycles. The van der Waals surface area contributed by atoms with Crippen LogP contribution in [0.3, 0.4) is 0 Å². The minimum Gasteiger partial charge on any atom is -0.490 e. The molecule has 0 spiro atoms. The Labute approximate surface area is 125 Å². The van der Waals surface area contributed by atoms with Gasteiger partial charge in [0.2, 0.25) is 0 Å². The van der Waals surface area contributed by atoms with Crippen LogP contribution in [0, 0.1) is 0 Å². The third kappa shape index (κ3) is 3.46. The normalized spacial score (nSPS) is 21.1. The average molecular weight is 296 g/mol. The van der Waals surface area contributed by atoms with Crippen LogP contribution in [0.2, 0.25) is 5.02 Å². The van der Waals surface area contributed by atoms with Crippen LogP contribution >= 0.6 is 11.6 Å². The van der Waals surface area contributed by atoms with Crippen molar-refractivity contribution in [2.24, 2.45) is 0 Å². The van der Waals surface area contributed by atoms with Gasteiger partial charge >= 0.3 is 0 Å². The first kappa shape index (κ1) is 14.2. The maximum Gasteiger partial charge on any atom is 0.125 e. The number of benzene rings is 1. The highest BCUT2D eigenvalue weighted by atomic mass is 35.5. The summed E-state index contributed by atoms with van der Waals surface area (Å²) in [5, 5.41) is 14.6. The Morgan fingerprint density at radius 1 is 1.30 bits per heavy atom. The molecule has 0 unspecified atom stereocenters. The van der Waals surface area contributed by atoms with Crippen LogP contribution in [0.15, 0.2) is 18.2 Å². The van der Waals surface area contributed by atoms with Crippen molar-refractivity contribution < 1.29 is 9.84 Å². The average Bonchev–Trinajstić information content (AvgIpc) is 3.16. The Morgan fingerprint density at radius 3 is 2.75 bits per heavy atom. The van der Waals surface area contributed by atoms with Crippen LogP contribution in [-0.4, -0.2) is 23.4 Å².